The summed E-state index contributed by atoms with van der Waals surface area (Å²) >= 11 is 5.91. The van der Waals surface area contributed by atoms with Crippen molar-refractivity contribution in [1.82, 2.24) is 5.32 Å². The Labute approximate surface area is 186 Å². The first-order chi connectivity index (χ1) is 14.1. The number of rotatable bonds is 10. The molecule has 0 radical (unpaired) electrons. The normalized spacial score (nSPS) is 10.2. The highest BCUT2D eigenvalue weighted by molar-refractivity contribution is 6.30. The van der Waals surface area contributed by atoms with Crippen molar-refractivity contribution < 1.29 is 9.66 Å². The van der Waals surface area contributed by atoms with Gasteiger partial charge in [0.2, 0.25) is 0 Å². The van der Waals surface area contributed by atoms with Crippen LogP contribution in [-0.2, 0) is 13.2 Å². The summed E-state index contributed by atoms with van der Waals surface area (Å²) in [5.74, 6) is 0.846. The fraction of sp³-hybridized carbons (Fsp3) is 0.182. The Balaban J connectivity index is 0.00000320. The molecule has 30 heavy (non-hydrogen) atoms. The van der Waals surface area contributed by atoms with Gasteiger partial charge in [0, 0.05) is 48.0 Å². The van der Waals surface area contributed by atoms with E-state index >= 15 is 0 Å². The summed E-state index contributed by atoms with van der Waals surface area (Å²) < 4.78 is 5.97. The lowest BCUT2D eigenvalue weighted by molar-refractivity contribution is -0.384. The van der Waals surface area contributed by atoms with Gasteiger partial charge in [0.15, 0.2) is 0 Å². The van der Waals surface area contributed by atoms with E-state index in [4.69, 9.17) is 16.3 Å². The molecule has 2 N–H and O–H groups in total. The molecule has 0 spiro atoms. The highest BCUT2D eigenvalue weighted by Gasteiger charge is 2.05. The maximum absolute atomic E-state index is 10.7. The van der Waals surface area contributed by atoms with Crippen molar-refractivity contribution in [3.63, 3.8) is 0 Å². The Morgan fingerprint density at radius 1 is 0.933 bits per heavy atom. The van der Waals surface area contributed by atoms with Crippen LogP contribution in [0.3, 0.4) is 0 Å². The summed E-state index contributed by atoms with van der Waals surface area (Å²) in [5, 5.41) is 18.0. The van der Waals surface area contributed by atoms with E-state index in [9.17, 15) is 10.1 Å². The second-order valence-electron chi connectivity index (χ2n) is 6.43. The second kappa shape index (κ2) is 12.0. The van der Waals surface area contributed by atoms with Crippen LogP contribution in [0.15, 0.2) is 72.8 Å². The molecule has 0 aromatic heterocycles. The second-order valence-corrected chi connectivity index (χ2v) is 6.87. The molecular weight excluding hydrogens is 425 g/mol. The minimum Gasteiger partial charge on any atom is -0.489 e. The Bertz CT molecular complexity index is 935. The van der Waals surface area contributed by atoms with Gasteiger partial charge in [-0.1, -0.05) is 41.9 Å². The van der Waals surface area contributed by atoms with E-state index in [2.05, 4.69) is 10.6 Å². The average molecular weight is 448 g/mol. The molecule has 0 aliphatic heterocycles. The zero-order chi connectivity index (χ0) is 20.5. The number of hydrogen-bond donors (Lipinski definition) is 2. The maximum atomic E-state index is 10.7. The lowest BCUT2D eigenvalue weighted by atomic mass is 10.2. The number of nitrogens with one attached hydrogen (secondary N) is 2. The highest BCUT2D eigenvalue weighted by Crippen LogP contribution is 2.20. The third-order valence-corrected chi connectivity index (χ3v) is 4.56. The summed E-state index contributed by atoms with van der Waals surface area (Å²) in [7, 11) is 0. The van der Waals surface area contributed by atoms with Crippen LogP contribution in [0.4, 0.5) is 11.4 Å². The molecule has 0 saturated heterocycles. The van der Waals surface area contributed by atoms with E-state index in [0.29, 0.717) is 24.7 Å². The first kappa shape index (κ1) is 23.5. The molecule has 0 heterocycles. The van der Waals surface area contributed by atoms with Crippen LogP contribution in [0, 0.1) is 10.1 Å². The monoisotopic (exact) mass is 447 g/mol. The van der Waals surface area contributed by atoms with Crippen LogP contribution >= 0.6 is 24.0 Å². The lowest BCUT2D eigenvalue weighted by Crippen LogP contribution is -2.22. The predicted octanol–water partition coefficient (Wildman–Crippen LogP) is 5.45. The number of hydrogen-bond acceptors (Lipinski definition) is 5. The molecule has 158 valence electrons. The number of anilines is 1. The number of para-hydroxylation sites is 1. The van der Waals surface area contributed by atoms with Crippen molar-refractivity contribution in [2.24, 2.45) is 0 Å². The van der Waals surface area contributed by atoms with Crippen molar-refractivity contribution in [3.05, 3.63) is 99.1 Å². The molecular formula is C22H23Cl2N3O3. The smallest absolute Gasteiger partial charge is 0.269 e. The summed E-state index contributed by atoms with van der Waals surface area (Å²) in [4.78, 5) is 10.3. The third kappa shape index (κ3) is 7.22. The molecule has 0 aliphatic rings. The number of benzene rings is 3. The zero-order valence-corrected chi connectivity index (χ0v) is 17.8. The predicted molar refractivity (Wildman–Crippen MR) is 123 cm³/mol. The standard InChI is InChI=1S/C22H22ClN3O3.ClH/c23-19-7-5-17(6-8-19)16-29-22-4-2-1-3-18(22)15-24-13-14-25-20-9-11-21(12-10-20)26(27)28;/h1-12,24-25H,13-16H2;1H. The molecule has 0 aliphatic carbocycles. The minimum absolute atomic E-state index is 0. The molecule has 3 rings (SSSR count). The number of ether oxygens (including phenoxy) is 1. The van der Waals surface area contributed by atoms with Gasteiger partial charge in [-0.3, -0.25) is 10.1 Å². The van der Waals surface area contributed by atoms with Gasteiger partial charge in [0.05, 0.1) is 4.92 Å². The van der Waals surface area contributed by atoms with Crippen molar-refractivity contribution in [3.8, 4) is 5.75 Å². The van der Waals surface area contributed by atoms with Crippen molar-refractivity contribution in [2.45, 2.75) is 13.2 Å². The van der Waals surface area contributed by atoms with Gasteiger partial charge in [-0.2, -0.15) is 0 Å². The van der Waals surface area contributed by atoms with E-state index < -0.39 is 4.92 Å². The van der Waals surface area contributed by atoms with Crippen LogP contribution in [0.25, 0.3) is 0 Å². The van der Waals surface area contributed by atoms with E-state index in [-0.39, 0.29) is 18.1 Å². The van der Waals surface area contributed by atoms with Gasteiger partial charge < -0.3 is 15.4 Å². The Morgan fingerprint density at radius 2 is 1.63 bits per heavy atom. The van der Waals surface area contributed by atoms with Gasteiger partial charge in [-0.05, 0) is 35.9 Å². The van der Waals surface area contributed by atoms with Gasteiger partial charge in [-0.25, -0.2) is 0 Å². The average Bonchev–Trinajstić information content (AvgIpc) is 2.74. The number of nitrogens with zero attached hydrogens (tertiary/aromatic N) is 1. The highest BCUT2D eigenvalue weighted by atomic mass is 35.5. The summed E-state index contributed by atoms with van der Waals surface area (Å²) in [6.07, 6.45) is 0. The quantitative estimate of drug-likeness (QED) is 0.245. The van der Waals surface area contributed by atoms with Crippen LogP contribution < -0.4 is 15.4 Å². The number of nitro groups is 1. The SMILES string of the molecule is Cl.O=[N+]([O-])c1ccc(NCCNCc2ccccc2OCc2ccc(Cl)cc2)cc1. The zero-order valence-electron chi connectivity index (χ0n) is 16.2. The summed E-state index contributed by atoms with van der Waals surface area (Å²) in [6.45, 7) is 2.60. The van der Waals surface area contributed by atoms with E-state index in [1.165, 1.54) is 12.1 Å². The molecule has 3 aromatic carbocycles. The maximum Gasteiger partial charge on any atom is 0.269 e. The van der Waals surface area contributed by atoms with Gasteiger partial charge in [0.25, 0.3) is 5.69 Å². The van der Waals surface area contributed by atoms with Gasteiger partial charge in [-0.15, -0.1) is 12.4 Å². The molecule has 3 aromatic rings. The molecule has 0 unspecified atom stereocenters. The van der Waals surface area contributed by atoms with Crippen LogP contribution in [-0.4, -0.2) is 18.0 Å². The van der Waals surface area contributed by atoms with E-state index in [0.717, 1.165) is 29.1 Å². The fourth-order valence-electron chi connectivity index (χ4n) is 2.75. The lowest BCUT2D eigenvalue weighted by Gasteiger charge is -2.13. The molecule has 0 saturated carbocycles. The number of nitro benzene ring substituents is 1. The molecule has 8 heteroatoms. The minimum atomic E-state index is -0.405. The fourth-order valence-corrected chi connectivity index (χ4v) is 2.88. The molecule has 6 nitrogen and oxygen atoms in total. The Morgan fingerprint density at radius 3 is 2.33 bits per heavy atom. The van der Waals surface area contributed by atoms with Gasteiger partial charge >= 0.3 is 0 Å². The summed E-state index contributed by atoms with van der Waals surface area (Å²) in [6, 6.07) is 21.9. The van der Waals surface area contributed by atoms with E-state index in [1.54, 1.807) is 12.1 Å². The summed E-state index contributed by atoms with van der Waals surface area (Å²) in [5.41, 5.74) is 3.08. The third-order valence-electron chi connectivity index (χ3n) is 4.30. The van der Waals surface area contributed by atoms with Crippen molar-refractivity contribution in [2.75, 3.05) is 18.4 Å². The van der Waals surface area contributed by atoms with Crippen molar-refractivity contribution in [1.29, 1.82) is 0 Å². The largest absolute Gasteiger partial charge is 0.489 e. The molecule has 0 atom stereocenters. The molecule has 0 bridgehead atoms. The van der Waals surface area contributed by atoms with Crippen LogP contribution in [0.1, 0.15) is 11.1 Å². The first-order valence-corrected chi connectivity index (χ1v) is 9.64. The van der Waals surface area contributed by atoms with Crippen LogP contribution in [0.5, 0.6) is 5.75 Å². The van der Waals surface area contributed by atoms with Gasteiger partial charge in [0.1, 0.15) is 12.4 Å². The molecule has 0 amide bonds. The number of non-ortho nitro benzene ring substituents is 1. The first-order valence-electron chi connectivity index (χ1n) is 9.26. The topological polar surface area (TPSA) is 76.4 Å². The molecule has 0 fully saturated rings. The Kier molecular flexibility index (Phi) is 9.41. The van der Waals surface area contributed by atoms with Crippen LogP contribution in [0.2, 0.25) is 5.02 Å². The number of halogens is 2. The van der Waals surface area contributed by atoms with E-state index in [1.807, 2.05) is 48.5 Å². The van der Waals surface area contributed by atoms with Crippen molar-refractivity contribution >= 4 is 35.4 Å². The Hall–Kier alpha value is -2.80.